The van der Waals surface area contributed by atoms with Crippen LogP contribution in [0.5, 0.6) is 5.75 Å². The molecule has 3 rings (SSSR count). The van der Waals surface area contributed by atoms with Crippen molar-refractivity contribution < 1.29 is 19.4 Å². The smallest absolute Gasteiger partial charge is 0.341 e. The average Bonchev–Trinajstić information content (AvgIpc) is 2.86. The molecule has 1 aliphatic rings. The quantitative estimate of drug-likeness (QED) is 0.859. The Labute approximate surface area is 139 Å². The molecule has 24 heavy (non-hydrogen) atoms. The van der Waals surface area contributed by atoms with E-state index >= 15 is 0 Å². The molecular formula is C19H17NO4. The summed E-state index contributed by atoms with van der Waals surface area (Å²) in [7, 11) is 0. The summed E-state index contributed by atoms with van der Waals surface area (Å²) in [6.07, 6.45) is 1.85. The lowest BCUT2D eigenvalue weighted by Crippen LogP contribution is -2.25. The highest BCUT2D eigenvalue weighted by Gasteiger charge is 2.30. The van der Waals surface area contributed by atoms with Crippen LogP contribution in [0.3, 0.4) is 0 Å². The van der Waals surface area contributed by atoms with Gasteiger partial charge >= 0.3 is 5.97 Å². The predicted octanol–water partition coefficient (Wildman–Crippen LogP) is 3.06. The van der Waals surface area contributed by atoms with Gasteiger partial charge < -0.3 is 14.7 Å². The minimum absolute atomic E-state index is 0.00935. The number of benzene rings is 2. The van der Waals surface area contributed by atoms with Crippen molar-refractivity contribution in [3.8, 4) is 5.75 Å². The van der Waals surface area contributed by atoms with Crippen molar-refractivity contribution in [2.45, 2.75) is 6.92 Å². The van der Waals surface area contributed by atoms with Gasteiger partial charge in [-0.3, -0.25) is 4.79 Å². The van der Waals surface area contributed by atoms with Crippen LogP contribution in [0, 0.1) is 0 Å². The molecular weight excluding hydrogens is 306 g/mol. The number of likely N-dealkylation sites (N-methyl/N-ethyl adjacent to an activating group) is 1. The fourth-order valence-electron chi connectivity index (χ4n) is 2.73. The summed E-state index contributed by atoms with van der Waals surface area (Å²) in [5.41, 5.74) is 3.37. The van der Waals surface area contributed by atoms with E-state index in [1.54, 1.807) is 29.2 Å². The highest BCUT2D eigenvalue weighted by Crippen LogP contribution is 2.37. The summed E-state index contributed by atoms with van der Waals surface area (Å²) in [5, 5.41) is 8.61. The van der Waals surface area contributed by atoms with E-state index in [1.807, 2.05) is 37.3 Å². The van der Waals surface area contributed by atoms with Crippen molar-refractivity contribution in [1.29, 1.82) is 0 Å². The molecule has 1 heterocycles. The van der Waals surface area contributed by atoms with Gasteiger partial charge in [-0.25, -0.2) is 4.79 Å². The predicted molar refractivity (Wildman–Crippen MR) is 91.9 cm³/mol. The van der Waals surface area contributed by atoms with E-state index in [9.17, 15) is 9.59 Å². The lowest BCUT2D eigenvalue weighted by Gasteiger charge is -2.13. The molecule has 0 radical (unpaired) electrons. The highest BCUT2D eigenvalue weighted by molar-refractivity contribution is 6.35. The molecule has 2 aromatic carbocycles. The van der Waals surface area contributed by atoms with E-state index in [1.165, 1.54) is 0 Å². The van der Waals surface area contributed by atoms with Crippen LogP contribution in [0.1, 0.15) is 18.1 Å². The maximum Gasteiger partial charge on any atom is 0.341 e. The van der Waals surface area contributed by atoms with E-state index in [-0.39, 0.29) is 12.5 Å². The van der Waals surface area contributed by atoms with Crippen molar-refractivity contribution >= 4 is 29.2 Å². The molecule has 0 unspecified atom stereocenters. The number of rotatable bonds is 5. The first-order valence-corrected chi connectivity index (χ1v) is 7.67. The van der Waals surface area contributed by atoms with E-state index in [0.29, 0.717) is 17.9 Å². The molecule has 1 amide bonds. The fourth-order valence-corrected chi connectivity index (χ4v) is 2.73. The molecule has 1 N–H and O–H groups in total. The molecule has 0 saturated heterocycles. The highest BCUT2D eigenvalue weighted by atomic mass is 16.5. The van der Waals surface area contributed by atoms with Gasteiger partial charge in [-0.15, -0.1) is 0 Å². The van der Waals surface area contributed by atoms with Gasteiger partial charge in [-0.05, 0) is 36.8 Å². The monoisotopic (exact) mass is 323 g/mol. The van der Waals surface area contributed by atoms with Crippen LogP contribution in [0.25, 0.3) is 11.6 Å². The standard InChI is InChI=1S/C19H17NO4/c1-2-20-17-6-4-3-5-15(17)16(19(20)23)11-13-7-9-14(10-8-13)24-12-18(21)22/h3-11H,2,12H2,1H3,(H,21,22)/b16-11-. The lowest BCUT2D eigenvalue weighted by atomic mass is 10.0. The molecule has 0 bridgehead atoms. The second-order valence-electron chi connectivity index (χ2n) is 5.38. The summed E-state index contributed by atoms with van der Waals surface area (Å²) in [4.78, 5) is 24.9. The van der Waals surface area contributed by atoms with Crippen molar-refractivity contribution in [2.75, 3.05) is 18.1 Å². The summed E-state index contributed by atoms with van der Waals surface area (Å²) >= 11 is 0. The van der Waals surface area contributed by atoms with Crippen LogP contribution < -0.4 is 9.64 Å². The Morgan fingerprint density at radius 1 is 1.17 bits per heavy atom. The molecule has 0 saturated carbocycles. The van der Waals surface area contributed by atoms with Gasteiger partial charge in [0.25, 0.3) is 5.91 Å². The summed E-state index contributed by atoms with van der Waals surface area (Å²) in [5.74, 6) is -0.549. The van der Waals surface area contributed by atoms with Gasteiger partial charge in [0.15, 0.2) is 6.61 Å². The Morgan fingerprint density at radius 3 is 2.54 bits per heavy atom. The molecule has 0 spiro atoms. The van der Waals surface area contributed by atoms with Gasteiger partial charge in [-0.1, -0.05) is 30.3 Å². The van der Waals surface area contributed by atoms with Gasteiger partial charge in [0, 0.05) is 17.7 Å². The normalized spacial score (nSPS) is 14.8. The van der Waals surface area contributed by atoms with E-state index in [2.05, 4.69) is 0 Å². The topological polar surface area (TPSA) is 66.8 Å². The number of carbonyl (C=O) groups excluding carboxylic acids is 1. The number of nitrogens with zero attached hydrogens (tertiary/aromatic N) is 1. The number of carbonyl (C=O) groups is 2. The van der Waals surface area contributed by atoms with E-state index in [4.69, 9.17) is 9.84 Å². The fraction of sp³-hybridized carbons (Fsp3) is 0.158. The summed E-state index contributed by atoms with van der Waals surface area (Å²) in [6.45, 7) is 2.19. The van der Waals surface area contributed by atoms with Crippen molar-refractivity contribution in [2.24, 2.45) is 0 Å². The van der Waals surface area contributed by atoms with Gasteiger partial charge in [0.05, 0.1) is 5.69 Å². The first-order chi connectivity index (χ1) is 11.6. The minimum Gasteiger partial charge on any atom is -0.482 e. The second-order valence-corrected chi connectivity index (χ2v) is 5.38. The lowest BCUT2D eigenvalue weighted by molar-refractivity contribution is -0.139. The number of hydrogen-bond acceptors (Lipinski definition) is 3. The molecule has 5 nitrogen and oxygen atoms in total. The first-order valence-electron chi connectivity index (χ1n) is 7.67. The third-order valence-corrected chi connectivity index (χ3v) is 3.83. The molecule has 5 heteroatoms. The summed E-state index contributed by atoms with van der Waals surface area (Å²) in [6, 6.07) is 14.7. The number of hydrogen-bond donors (Lipinski definition) is 1. The molecule has 122 valence electrons. The third-order valence-electron chi connectivity index (χ3n) is 3.83. The van der Waals surface area contributed by atoms with Crippen LogP contribution in [-0.2, 0) is 9.59 Å². The maximum absolute atomic E-state index is 12.6. The molecule has 0 aromatic heterocycles. The largest absolute Gasteiger partial charge is 0.482 e. The molecule has 2 aromatic rings. The minimum atomic E-state index is -1.02. The number of fused-ring (bicyclic) bond motifs is 1. The summed E-state index contributed by atoms with van der Waals surface area (Å²) < 4.78 is 5.11. The Morgan fingerprint density at radius 2 is 1.88 bits per heavy atom. The van der Waals surface area contributed by atoms with Crippen LogP contribution in [0.15, 0.2) is 48.5 Å². The number of anilines is 1. The van der Waals surface area contributed by atoms with Crippen molar-refractivity contribution in [3.05, 3.63) is 59.7 Å². The Bertz CT molecular complexity index is 808. The number of carboxylic acids is 1. The van der Waals surface area contributed by atoms with Crippen LogP contribution in [0.4, 0.5) is 5.69 Å². The van der Waals surface area contributed by atoms with Crippen molar-refractivity contribution in [1.82, 2.24) is 0 Å². The number of ether oxygens (including phenoxy) is 1. The molecule has 1 aliphatic heterocycles. The van der Waals surface area contributed by atoms with Crippen LogP contribution >= 0.6 is 0 Å². The zero-order valence-electron chi connectivity index (χ0n) is 13.2. The van der Waals surface area contributed by atoms with Crippen molar-refractivity contribution in [3.63, 3.8) is 0 Å². The van der Waals surface area contributed by atoms with Gasteiger partial charge in [-0.2, -0.15) is 0 Å². The Balaban J connectivity index is 1.88. The number of amides is 1. The SMILES string of the molecule is CCN1C(=O)/C(=C\c2ccc(OCC(=O)O)cc2)c2ccccc21. The average molecular weight is 323 g/mol. The zero-order valence-corrected chi connectivity index (χ0v) is 13.2. The third kappa shape index (κ3) is 3.01. The first kappa shape index (κ1) is 15.8. The second kappa shape index (κ2) is 6.58. The van der Waals surface area contributed by atoms with Crippen LogP contribution in [-0.4, -0.2) is 30.1 Å². The number of para-hydroxylation sites is 1. The Kier molecular flexibility index (Phi) is 4.33. The van der Waals surface area contributed by atoms with Crippen LogP contribution in [0.2, 0.25) is 0 Å². The van der Waals surface area contributed by atoms with E-state index in [0.717, 1.165) is 16.8 Å². The van der Waals surface area contributed by atoms with E-state index < -0.39 is 5.97 Å². The number of aliphatic carboxylic acids is 1. The molecule has 0 aliphatic carbocycles. The molecule has 0 atom stereocenters. The van der Waals surface area contributed by atoms with Gasteiger partial charge in [0.1, 0.15) is 5.75 Å². The maximum atomic E-state index is 12.6. The molecule has 0 fully saturated rings. The van der Waals surface area contributed by atoms with Gasteiger partial charge in [0.2, 0.25) is 0 Å². The Hall–Kier alpha value is -3.08. The number of carboxylic acid groups (broad SMARTS) is 1. The zero-order chi connectivity index (χ0) is 17.1.